The van der Waals surface area contributed by atoms with Gasteiger partial charge in [0.05, 0.1) is 17.8 Å². The quantitative estimate of drug-likeness (QED) is 0.461. The lowest BCUT2D eigenvalue weighted by Crippen LogP contribution is -2.37. The van der Waals surface area contributed by atoms with E-state index in [2.05, 4.69) is 10.1 Å². The highest BCUT2D eigenvalue weighted by Gasteiger charge is 2.33. The number of halogens is 1. The van der Waals surface area contributed by atoms with E-state index < -0.39 is 0 Å². The van der Waals surface area contributed by atoms with Crippen molar-refractivity contribution in [2.24, 2.45) is 0 Å². The van der Waals surface area contributed by atoms with Gasteiger partial charge in [-0.2, -0.15) is 5.10 Å². The number of hydrogen-bond acceptors (Lipinski definition) is 5. The second-order valence-electron chi connectivity index (χ2n) is 7.87. The molecule has 1 fully saturated rings. The molecule has 8 heteroatoms. The van der Waals surface area contributed by atoms with Crippen LogP contribution in [-0.4, -0.2) is 32.1 Å². The molecule has 7 nitrogen and oxygen atoms in total. The number of oxazole rings is 1. The Labute approximate surface area is 189 Å². The Morgan fingerprint density at radius 3 is 2.81 bits per heavy atom. The summed E-state index contributed by atoms with van der Waals surface area (Å²) in [5.41, 5.74) is 0.684. The monoisotopic (exact) mass is 448 g/mol. The highest BCUT2D eigenvalue weighted by molar-refractivity contribution is 6.31. The van der Waals surface area contributed by atoms with Gasteiger partial charge in [0.25, 0.3) is 5.56 Å². The van der Waals surface area contributed by atoms with Crippen molar-refractivity contribution in [2.75, 3.05) is 6.54 Å². The molecular formula is C24H21ClN4O3. The highest BCUT2D eigenvalue weighted by atomic mass is 35.5. The van der Waals surface area contributed by atoms with Crippen LogP contribution in [-0.2, 0) is 17.8 Å². The zero-order valence-corrected chi connectivity index (χ0v) is 18.0. The van der Waals surface area contributed by atoms with Crippen molar-refractivity contribution >= 4 is 28.3 Å². The summed E-state index contributed by atoms with van der Waals surface area (Å²) < 4.78 is 7.21. The molecule has 3 heterocycles. The maximum atomic E-state index is 13.1. The number of carbonyl (C=O) groups is 1. The molecule has 4 aromatic rings. The molecule has 0 spiro atoms. The van der Waals surface area contributed by atoms with Crippen molar-refractivity contribution in [1.82, 2.24) is 19.7 Å². The van der Waals surface area contributed by atoms with Crippen LogP contribution in [0.5, 0.6) is 0 Å². The van der Waals surface area contributed by atoms with E-state index in [1.54, 1.807) is 29.4 Å². The number of likely N-dealkylation sites (tertiary alicyclic amines) is 1. The van der Waals surface area contributed by atoms with Gasteiger partial charge < -0.3 is 9.32 Å². The molecule has 0 aliphatic carbocycles. The number of benzene rings is 2. The Kier molecular flexibility index (Phi) is 5.49. The van der Waals surface area contributed by atoms with Crippen LogP contribution in [0.2, 0.25) is 5.02 Å². The van der Waals surface area contributed by atoms with Gasteiger partial charge in [0, 0.05) is 23.4 Å². The third-order valence-corrected chi connectivity index (χ3v) is 6.17. The fourth-order valence-corrected chi connectivity index (χ4v) is 4.37. The highest BCUT2D eigenvalue weighted by Crippen LogP contribution is 2.32. The number of fused-ring (bicyclic) bond motifs is 1. The molecule has 1 amide bonds. The molecule has 162 valence electrons. The van der Waals surface area contributed by atoms with Crippen molar-refractivity contribution < 1.29 is 9.21 Å². The second-order valence-corrected chi connectivity index (χ2v) is 8.28. The van der Waals surface area contributed by atoms with E-state index in [0.717, 1.165) is 23.8 Å². The first-order valence-electron chi connectivity index (χ1n) is 10.5. The van der Waals surface area contributed by atoms with Crippen molar-refractivity contribution in [3.8, 4) is 0 Å². The van der Waals surface area contributed by atoms with Gasteiger partial charge >= 0.3 is 0 Å². The summed E-state index contributed by atoms with van der Waals surface area (Å²) in [6.07, 6.45) is 5.44. The smallest absolute Gasteiger partial charge is 0.275 e. The first kappa shape index (κ1) is 20.5. The molecule has 32 heavy (non-hydrogen) atoms. The predicted octanol–water partition coefficient (Wildman–Crippen LogP) is 3.99. The van der Waals surface area contributed by atoms with Crippen molar-refractivity contribution in [1.29, 1.82) is 0 Å². The summed E-state index contributed by atoms with van der Waals surface area (Å²) in [4.78, 5) is 32.0. The number of rotatable bonds is 5. The van der Waals surface area contributed by atoms with Gasteiger partial charge in [0.1, 0.15) is 18.3 Å². The van der Waals surface area contributed by atoms with Gasteiger partial charge in [-0.05, 0) is 30.5 Å². The number of aromatic nitrogens is 3. The molecule has 0 radical (unpaired) electrons. The zero-order valence-electron chi connectivity index (χ0n) is 17.3. The van der Waals surface area contributed by atoms with Crippen LogP contribution in [0.4, 0.5) is 0 Å². The maximum absolute atomic E-state index is 13.1. The SMILES string of the molecule is O=C(Cn1ncc2ccccc2c1=O)N1CCCC1c1ncc(Cc2ccccc2Cl)o1. The molecule has 2 aromatic heterocycles. The molecule has 0 N–H and O–H groups in total. The summed E-state index contributed by atoms with van der Waals surface area (Å²) >= 11 is 6.25. The molecule has 1 saturated heterocycles. The molecule has 0 saturated carbocycles. The lowest BCUT2D eigenvalue weighted by atomic mass is 10.1. The van der Waals surface area contributed by atoms with E-state index in [9.17, 15) is 9.59 Å². The van der Waals surface area contributed by atoms with Gasteiger partial charge in [-0.25, -0.2) is 9.67 Å². The minimum Gasteiger partial charge on any atom is -0.443 e. The third kappa shape index (κ3) is 3.91. The summed E-state index contributed by atoms with van der Waals surface area (Å²) in [5, 5.41) is 6.16. The Morgan fingerprint density at radius 1 is 1.12 bits per heavy atom. The van der Waals surface area contributed by atoms with Gasteiger partial charge in [-0.3, -0.25) is 9.59 Å². The standard InChI is InChI=1S/C24H21ClN4O3/c25-20-9-4-2-6-16(20)12-18-14-26-23(32-18)21-10-5-11-28(21)22(30)15-29-24(31)19-8-3-1-7-17(19)13-27-29/h1-4,6-9,13-14,21H,5,10-12,15H2. The van der Waals surface area contributed by atoms with E-state index in [0.29, 0.717) is 35.0 Å². The van der Waals surface area contributed by atoms with Crippen molar-refractivity contribution in [3.05, 3.63) is 93.5 Å². The average molecular weight is 449 g/mol. The van der Waals surface area contributed by atoms with Crippen LogP contribution in [0, 0.1) is 0 Å². The van der Waals surface area contributed by atoms with E-state index in [4.69, 9.17) is 16.0 Å². The Bertz CT molecular complexity index is 1350. The summed E-state index contributed by atoms with van der Waals surface area (Å²) in [6, 6.07) is 14.6. The molecule has 1 unspecified atom stereocenters. The fourth-order valence-electron chi connectivity index (χ4n) is 4.17. The van der Waals surface area contributed by atoms with Crippen LogP contribution in [0.1, 0.15) is 36.1 Å². The molecule has 5 rings (SSSR count). The minimum absolute atomic E-state index is 0.118. The van der Waals surface area contributed by atoms with Gasteiger partial charge in [0.2, 0.25) is 11.8 Å². The van der Waals surface area contributed by atoms with E-state index in [1.807, 2.05) is 36.4 Å². The van der Waals surface area contributed by atoms with Crippen molar-refractivity contribution in [3.63, 3.8) is 0 Å². The largest absolute Gasteiger partial charge is 0.443 e. The summed E-state index contributed by atoms with van der Waals surface area (Å²) in [6.45, 7) is 0.474. The van der Waals surface area contributed by atoms with Crippen molar-refractivity contribution in [2.45, 2.75) is 31.8 Å². The Morgan fingerprint density at radius 2 is 1.94 bits per heavy atom. The normalized spacial score (nSPS) is 16.0. The lowest BCUT2D eigenvalue weighted by molar-refractivity contribution is -0.133. The third-order valence-electron chi connectivity index (χ3n) is 5.80. The molecular weight excluding hydrogens is 428 g/mol. The molecule has 0 bridgehead atoms. The summed E-state index contributed by atoms with van der Waals surface area (Å²) in [5.74, 6) is 1.03. The molecule has 1 aliphatic rings. The second kappa shape index (κ2) is 8.59. The lowest BCUT2D eigenvalue weighted by Gasteiger charge is -2.22. The number of nitrogens with zero attached hydrogens (tertiary/aromatic N) is 4. The Hall–Kier alpha value is -3.45. The topological polar surface area (TPSA) is 81.2 Å². The number of carbonyl (C=O) groups excluding carboxylic acids is 1. The van der Waals surface area contributed by atoms with Gasteiger partial charge in [-0.15, -0.1) is 0 Å². The first-order chi connectivity index (χ1) is 15.6. The van der Waals surface area contributed by atoms with Crippen LogP contribution < -0.4 is 5.56 Å². The zero-order chi connectivity index (χ0) is 22.1. The van der Waals surface area contributed by atoms with E-state index in [-0.39, 0.29) is 24.1 Å². The van der Waals surface area contributed by atoms with Crippen LogP contribution in [0.25, 0.3) is 10.8 Å². The average Bonchev–Trinajstić information content (AvgIpc) is 3.47. The minimum atomic E-state index is -0.273. The maximum Gasteiger partial charge on any atom is 0.275 e. The van der Waals surface area contributed by atoms with E-state index >= 15 is 0 Å². The molecule has 1 aliphatic heterocycles. The predicted molar refractivity (Wildman–Crippen MR) is 120 cm³/mol. The van der Waals surface area contributed by atoms with Crippen LogP contribution >= 0.6 is 11.6 Å². The number of amides is 1. The Balaban J connectivity index is 1.33. The molecule has 1 atom stereocenters. The fraction of sp³-hybridized carbons (Fsp3) is 0.250. The number of hydrogen-bond donors (Lipinski definition) is 0. The van der Waals surface area contributed by atoms with Gasteiger partial charge in [0.15, 0.2) is 0 Å². The van der Waals surface area contributed by atoms with Gasteiger partial charge in [-0.1, -0.05) is 48.0 Å². The van der Waals surface area contributed by atoms with Crippen LogP contribution in [0.15, 0.2) is 70.1 Å². The molecule has 2 aromatic carbocycles. The van der Waals surface area contributed by atoms with Crippen LogP contribution in [0.3, 0.4) is 0 Å². The first-order valence-corrected chi connectivity index (χ1v) is 10.9. The van der Waals surface area contributed by atoms with E-state index in [1.165, 1.54) is 4.68 Å². The summed E-state index contributed by atoms with van der Waals surface area (Å²) in [7, 11) is 0.